The van der Waals surface area contributed by atoms with Crippen LogP contribution in [0, 0.1) is 11.3 Å². The lowest BCUT2D eigenvalue weighted by Crippen LogP contribution is -1.94. The molecule has 4 nitrogen and oxygen atoms in total. The van der Waals surface area contributed by atoms with Gasteiger partial charge in [-0.2, -0.15) is 5.26 Å². The summed E-state index contributed by atoms with van der Waals surface area (Å²) in [6.07, 6.45) is 0. The normalized spacial score (nSPS) is 11.9. The molecule has 0 atom stereocenters. The number of hydrogen-bond donors (Lipinski definition) is 0. The van der Waals surface area contributed by atoms with E-state index < -0.39 is 0 Å². The van der Waals surface area contributed by atoms with Crippen molar-refractivity contribution in [2.24, 2.45) is 0 Å². The summed E-state index contributed by atoms with van der Waals surface area (Å²) in [6.45, 7) is 0. The molecule has 0 amide bonds. The van der Waals surface area contributed by atoms with Crippen molar-refractivity contribution in [3.05, 3.63) is 133 Å². The molecule has 0 fully saturated rings. The summed E-state index contributed by atoms with van der Waals surface area (Å²) < 4.78 is 11.2. The highest BCUT2D eigenvalue weighted by Gasteiger charge is 2.19. The Hall–Kier alpha value is -5.79. The molecule has 0 N–H and O–H groups in total. The Balaban J connectivity index is 1.34. The van der Waals surface area contributed by atoms with Crippen LogP contribution in [0.2, 0.25) is 0 Å². The molecule has 0 radical (unpaired) electrons. The van der Waals surface area contributed by atoms with E-state index in [0.29, 0.717) is 5.56 Å². The molecular weight excluding hydrogens is 502 g/mol. The molecule has 9 aromatic rings. The molecule has 41 heavy (non-hydrogen) atoms. The average molecular weight is 524 g/mol. The Kier molecular flexibility index (Phi) is 4.37. The molecule has 6 aromatic carbocycles. The number of aromatic nitrogens is 2. The number of nitriles is 1. The van der Waals surface area contributed by atoms with Crippen LogP contribution < -0.4 is 0 Å². The third-order valence-corrected chi connectivity index (χ3v) is 8.34. The van der Waals surface area contributed by atoms with E-state index in [-0.39, 0.29) is 0 Å². The van der Waals surface area contributed by atoms with Crippen LogP contribution >= 0.6 is 0 Å². The number of rotatable bonds is 2. The highest BCUT2D eigenvalue weighted by Crippen LogP contribution is 2.39. The molecule has 190 valence electrons. The van der Waals surface area contributed by atoms with Gasteiger partial charge in [0, 0.05) is 38.0 Å². The van der Waals surface area contributed by atoms with E-state index in [9.17, 15) is 5.26 Å². The van der Waals surface area contributed by atoms with Crippen molar-refractivity contribution in [3.63, 3.8) is 0 Å². The first-order valence-electron chi connectivity index (χ1n) is 13.7. The third kappa shape index (κ3) is 2.98. The zero-order chi connectivity index (χ0) is 27.1. The zero-order valence-corrected chi connectivity index (χ0v) is 21.9. The summed E-state index contributed by atoms with van der Waals surface area (Å²) >= 11 is 0. The van der Waals surface area contributed by atoms with Crippen molar-refractivity contribution < 1.29 is 4.42 Å². The highest BCUT2D eigenvalue weighted by molar-refractivity contribution is 6.14. The Morgan fingerprint density at radius 3 is 1.78 bits per heavy atom. The fraction of sp³-hybridized carbons (Fsp3) is 0. The van der Waals surface area contributed by atoms with Crippen LogP contribution in [-0.4, -0.2) is 9.13 Å². The molecule has 0 aliphatic rings. The SMILES string of the molecule is N#Cc1ccc2c3ccccc3n(-c3ccc4oc5c(-n6c7ccccc7c7ccccc76)cccc5c4c3)c2c1. The van der Waals surface area contributed by atoms with Gasteiger partial charge in [-0.1, -0.05) is 72.8 Å². The van der Waals surface area contributed by atoms with Crippen molar-refractivity contribution in [2.45, 2.75) is 0 Å². The van der Waals surface area contributed by atoms with Gasteiger partial charge in [0.1, 0.15) is 5.58 Å². The summed E-state index contributed by atoms with van der Waals surface area (Å²) in [5.74, 6) is 0. The van der Waals surface area contributed by atoms with Gasteiger partial charge in [0.25, 0.3) is 0 Å². The second-order valence-corrected chi connectivity index (χ2v) is 10.5. The Bertz CT molecular complexity index is 2500. The van der Waals surface area contributed by atoms with E-state index in [1.165, 1.54) is 10.8 Å². The quantitative estimate of drug-likeness (QED) is 0.226. The molecule has 0 saturated heterocycles. The van der Waals surface area contributed by atoms with Crippen molar-refractivity contribution in [1.29, 1.82) is 5.26 Å². The highest BCUT2D eigenvalue weighted by atomic mass is 16.3. The molecule has 0 spiro atoms. The maximum atomic E-state index is 9.63. The van der Waals surface area contributed by atoms with Gasteiger partial charge < -0.3 is 13.6 Å². The number of hydrogen-bond acceptors (Lipinski definition) is 2. The number of furan rings is 1. The maximum absolute atomic E-state index is 9.63. The van der Waals surface area contributed by atoms with Crippen molar-refractivity contribution in [2.75, 3.05) is 0 Å². The fourth-order valence-electron chi connectivity index (χ4n) is 6.59. The standard InChI is InChI=1S/C37H21N3O/c38-22-23-16-18-28-27-10-1-4-12-31(27)39(35(28)20-23)24-17-19-36-30(21-24)29-11-7-15-34(37(29)41-36)40-32-13-5-2-8-25(32)26-9-3-6-14-33(26)40/h1-21H. The first-order chi connectivity index (χ1) is 20.3. The molecule has 9 rings (SSSR count). The molecular formula is C37H21N3O. The van der Waals surface area contributed by atoms with Gasteiger partial charge in [-0.15, -0.1) is 0 Å². The van der Waals surface area contributed by atoms with E-state index in [1.807, 2.05) is 12.1 Å². The van der Waals surface area contributed by atoms with Crippen LogP contribution in [-0.2, 0) is 0 Å². The number of benzene rings is 6. The van der Waals surface area contributed by atoms with Crippen LogP contribution in [0.3, 0.4) is 0 Å². The third-order valence-electron chi connectivity index (χ3n) is 8.34. The van der Waals surface area contributed by atoms with Crippen molar-refractivity contribution >= 4 is 65.6 Å². The van der Waals surface area contributed by atoms with Gasteiger partial charge in [-0.25, -0.2) is 0 Å². The monoisotopic (exact) mass is 523 g/mol. The predicted molar refractivity (Wildman–Crippen MR) is 167 cm³/mol. The number of para-hydroxylation sites is 4. The molecule has 0 unspecified atom stereocenters. The molecule has 3 heterocycles. The zero-order valence-electron chi connectivity index (χ0n) is 21.9. The van der Waals surface area contributed by atoms with Crippen LogP contribution in [0.15, 0.2) is 132 Å². The molecule has 4 heteroatoms. The fourth-order valence-corrected chi connectivity index (χ4v) is 6.59. The lowest BCUT2D eigenvalue weighted by Gasteiger charge is -2.08. The van der Waals surface area contributed by atoms with Gasteiger partial charge in [-0.3, -0.25) is 0 Å². The van der Waals surface area contributed by atoms with Crippen molar-refractivity contribution in [1.82, 2.24) is 9.13 Å². The molecule has 0 saturated carbocycles. The minimum atomic E-state index is 0.646. The Morgan fingerprint density at radius 2 is 1.10 bits per heavy atom. The van der Waals surface area contributed by atoms with Gasteiger partial charge in [-0.05, 0) is 54.6 Å². The second kappa shape index (κ2) is 8.11. The summed E-state index contributed by atoms with van der Waals surface area (Å²) in [4.78, 5) is 0. The predicted octanol–water partition coefficient (Wildman–Crippen LogP) is 9.65. The smallest absolute Gasteiger partial charge is 0.159 e. The lowest BCUT2D eigenvalue weighted by molar-refractivity contribution is 0.666. The van der Waals surface area contributed by atoms with Crippen LogP contribution in [0.25, 0.3) is 76.9 Å². The number of fused-ring (bicyclic) bond motifs is 9. The molecule has 0 bridgehead atoms. The minimum Gasteiger partial charge on any atom is -0.454 e. The van der Waals surface area contributed by atoms with Gasteiger partial charge >= 0.3 is 0 Å². The van der Waals surface area contributed by atoms with E-state index in [2.05, 4.69) is 130 Å². The van der Waals surface area contributed by atoms with Gasteiger partial charge in [0.15, 0.2) is 5.58 Å². The minimum absolute atomic E-state index is 0.646. The van der Waals surface area contributed by atoms with Crippen LogP contribution in [0.5, 0.6) is 0 Å². The molecule has 3 aromatic heterocycles. The van der Waals surface area contributed by atoms with Gasteiger partial charge in [0.05, 0.1) is 39.4 Å². The summed E-state index contributed by atoms with van der Waals surface area (Å²) in [5, 5.41) is 16.5. The van der Waals surface area contributed by atoms with E-state index in [1.54, 1.807) is 0 Å². The van der Waals surface area contributed by atoms with Gasteiger partial charge in [0.2, 0.25) is 0 Å². The van der Waals surface area contributed by atoms with Crippen LogP contribution in [0.1, 0.15) is 5.56 Å². The summed E-state index contributed by atoms with van der Waals surface area (Å²) in [7, 11) is 0. The average Bonchev–Trinajstić information content (AvgIpc) is 3.68. The Labute approximate surface area is 234 Å². The molecule has 0 aliphatic heterocycles. The summed E-state index contributed by atoms with van der Waals surface area (Å²) in [6, 6.07) is 46.5. The van der Waals surface area contributed by atoms with Crippen molar-refractivity contribution in [3.8, 4) is 17.4 Å². The Morgan fingerprint density at radius 1 is 0.488 bits per heavy atom. The topological polar surface area (TPSA) is 46.8 Å². The van der Waals surface area contributed by atoms with E-state index >= 15 is 0 Å². The summed E-state index contributed by atoms with van der Waals surface area (Å²) in [5.41, 5.74) is 8.83. The lowest BCUT2D eigenvalue weighted by atomic mass is 10.1. The van der Waals surface area contributed by atoms with E-state index in [4.69, 9.17) is 4.42 Å². The number of nitrogens with zero attached hydrogens (tertiary/aromatic N) is 3. The van der Waals surface area contributed by atoms with E-state index in [0.717, 1.165) is 66.2 Å². The molecule has 0 aliphatic carbocycles. The largest absolute Gasteiger partial charge is 0.454 e. The van der Waals surface area contributed by atoms with Crippen LogP contribution in [0.4, 0.5) is 0 Å². The second-order valence-electron chi connectivity index (χ2n) is 10.5. The maximum Gasteiger partial charge on any atom is 0.159 e. The first kappa shape index (κ1) is 22.1. The first-order valence-corrected chi connectivity index (χ1v) is 13.7.